The fraction of sp³-hybridized carbons (Fsp3) is 0.417. The zero-order chi connectivity index (χ0) is 12.0. The first-order valence-corrected chi connectivity index (χ1v) is 5.26. The van der Waals surface area contributed by atoms with Gasteiger partial charge in [0.25, 0.3) is 0 Å². The predicted octanol–water partition coefficient (Wildman–Crippen LogP) is 0.573. The number of anilines is 1. The van der Waals surface area contributed by atoms with Crippen molar-refractivity contribution in [3.05, 3.63) is 30.3 Å². The summed E-state index contributed by atoms with van der Waals surface area (Å²) in [5.74, 6) is 0.000373. The molecule has 0 aliphatic rings. The Kier molecular flexibility index (Phi) is 4.79. The third kappa shape index (κ3) is 3.55. The number of aliphatic hydroxyl groups excluding tert-OH is 1. The Morgan fingerprint density at radius 1 is 1.25 bits per heavy atom. The average Bonchev–Trinajstić information content (AvgIpc) is 2.30. The normalized spacial score (nSPS) is 9.94. The summed E-state index contributed by atoms with van der Waals surface area (Å²) in [5.41, 5.74) is 1.01. The molecule has 0 aromatic heterocycles. The lowest BCUT2D eigenvalue weighted by Crippen LogP contribution is -2.38. The molecule has 0 spiro atoms. The highest BCUT2D eigenvalue weighted by molar-refractivity contribution is 5.81. The third-order valence-corrected chi connectivity index (χ3v) is 2.43. The van der Waals surface area contributed by atoms with Crippen LogP contribution in [0.5, 0.6) is 0 Å². The average molecular weight is 222 g/mol. The molecule has 0 saturated heterocycles. The van der Waals surface area contributed by atoms with E-state index < -0.39 is 0 Å². The molecule has 4 nitrogen and oxygen atoms in total. The second-order valence-corrected chi connectivity index (χ2v) is 3.73. The maximum Gasteiger partial charge on any atom is 0.241 e. The molecule has 1 N–H and O–H groups in total. The van der Waals surface area contributed by atoms with E-state index in [0.29, 0.717) is 13.1 Å². The molecule has 0 unspecified atom stereocenters. The number of benzene rings is 1. The van der Waals surface area contributed by atoms with Gasteiger partial charge >= 0.3 is 0 Å². The molecule has 0 heterocycles. The lowest BCUT2D eigenvalue weighted by atomic mass is 10.3. The van der Waals surface area contributed by atoms with Gasteiger partial charge in [0.1, 0.15) is 0 Å². The predicted molar refractivity (Wildman–Crippen MR) is 64.4 cm³/mol. The molecule has 1 rings (SSSR count). The number of para-hydroxylation sites is 1. The summed E-state index contributed by atoms with van der Waals surface area (Å²) in [5, 5.41) is 8.73. The number of aliphatic hydroxyl groups is 1. The van der Waals surface area contributed by atoms with Crippen LogP contribution in [0.3, 0.4) is 0 Å². The Balaban J connectivity index is 2.51. The van der Waals surface area contributed by atoms with Crippen molar-refractivity contribution < 1.29 is 9.90 Å². The molecule has 0 bridgehead atoms. The van der Waals surface area contributed by atoms with Crippen LogP contribution in [0, 0.1) is 0 Å². The first-order valence-electron chi connectivity index (χ1n) is 5.26. The summed E-state index contributed by atoms with van der Waals surface area (Å²) in [6.45, 7) is 0.694. The van der Waals surface area contributed by atoms with Crippen LogP contribution in [0.2, 0.25) is 0 Å². The van der Waals surface area contributed by atoms with Gasteiger partial charge in [-0.2, -0.15) is 0 Å². The third-order valence-electron chi connectivity index (χ3n) is 2.43. The van der Waals surface area contributed by atoms with Gasteiger partial charge in [-0.1, -0.05) is 18.2 Å². The van der Waals surface area contributed by atoms with Gasteiger partial charge in [-0.15, -0.1) is 0 Å². The van der Waals surface area contributed by atoms with E-state index in [0.717, 1.165) is 5.69 Å². The molecule has 0 aliphatic heterocycles. The monoisotopic (exact) mass is 222 g/mol. The van der Waals surface area contributed by atoms with Gasteiger partial charge in [-0.25, -0.2) is 0 Å². The number of amides is 1. The molecule has 16 heavy (non-hydrogen) atoms. The van der Waals surface area contributed by atoms with E-state index in [1.54, 1.807) is 7.05 Å². The van der Waals surface area contributed by atoms with Crippen LogP contribution in [0.25, 0.3) is 0 Å². The Morgan fingerprint density at radius 3 is 2.44 bits per heavy atom. The molecule has 4 heteroatoms. The minimum absolute atomic E-state index is 0.000373. The second kappa shape index (κ2) is 6.12. The van der Waals surface area contributed by atoms with Gasteiger partial charge in [0.05, 0.1) is 13.2 Å². The van der Waals surface area contributed by atoms with E-state index in [1.165, 1.54) is 4.90 Å². The van der Waals surface area contributed by atoms with E-state index >= 15 is 0 Å². The van der Waals surface area contributed by atoms with Gasteiger partial charge in [-0.05, 0) is 12.1 Å². The van der Waals surface area contributed by atoms with Crippen molar-refractivity contribution in [3.63, 3.8) is 0 Å². The van der Waals surface area contributed by atoms with Crippen molar-refractivity contribution in [2.45, 2.75) is 0 Å². The molecule has 0 atom stereocenters. The van der Waals surface area contributed by atoms with Crippen molar-refractivity contribution >= 4 is 11.6 Å². The zero-order valence-corrected chi connectivity index (χ0v) is 9.76. The van der Waals surface area contributed by atoms with Gasteiger partial charge in [0.15, 0.2) is 0 Å². The molecule has 0 fully saturated rings. The number of carbonyl (C=O) groups excluding carboxylic acids is 1. The Hall–Kier alpha value is -1.55. The standard InChI is InChI=1S/C12H18N2O2/c1-13(8-9-15)12(16)10-14(2)11-6-4-3-5-7-11/h3-7,15H,8-10H2,1-2H3. The number of nitrogens with zero attached hydrogens (tertiary/aromatic N) is 2. The van der Waals surface area contributed by atoms with E-state index in [1.807, 2.05) is 42.3 Å². The maximum atomic E-state index is 11.7. The number of rotatable bonds is 5. The van der Waals surface area contributed by atoms with Crippen LogP contribution in [0.1, 0.15) is 0 Å². The Bertz CT molecular complexity index is 327. The summed E-state index contributed by atoms with van der Waals surface area (Å²) in [6.07, 6.45) is 0. The number of likely N-dealkylation sites (N-methyl/N-ethyl adjacent to an activating group) is 2. The smallest absolute Gasteiger partial charge is 0.241 e. The van der Waals surface area contributed by atoms with E-state index in [4.69, 9.17) is 5.11 Å². The van der Waals surface area contributed by atoms with Crippen molar-refractivity contribution in [2.75, 3.05) is 38.7 Å². The summed E-state index contributed by atoms with van der Waals surface area (Å²) < 4.78 is 0. The van der Waals surface area contributed by atoms with Crippen LogP contribution in [0.4, 0.5) is 5.69 Å². The first kappa shape index (κ1) is 12.5. The molecular formula is C12H18N2O2. The van der Waals surface area contributed by atoms with Crippen LogP contribution in [-0.2, 0) is 4.79 Å². The van der Waals surface area contributed by atoms with Gasteiger partial charge in [0, 0.05) is 26.3 Å². The summed E-state index contributed by atoms with van der Waals surface area (Å²) >= 11 is 0. The highest BCUT2D eigenvalue weighted by Gasteiger charge is 2.11. The van der Waals surface area contributed by atoms with Crippen LogP contribution >= 0.6 is 0 Å². The van der Waals surface area contributed by atoms with Crippen LogP contribution < -0.4 is 4.90 Å². The molecule has 0 radical (unpaired) electrons. The first-order chi connectivity index (χ1) is 7.65. The molecule has 1 amide bonds. The van der Waals surface area contributed by atoms with Crippen molar-refractivity contribution in [3.8, 4) is 0 Å². The van der Waals surface area contributed by atoms with Gasteiger partial charge in [-0.3, -0.25) is 4.79 Å². The molecular weight excluding hydrogens is 204 g/mol. The minimum Gasteiger partial charge on any atom is -0.395 e. The minimum atomic E-state index is -0.00269. The van der Waals surface area contributed by atoms with Crippen molar-refractivity contribution in [1.29, 1.82) is 0 Å². The summed E-state index contributed by atoms with van der Waals surface area (Å²) in [7, 11) is 3.57. The molecule has 1 aromatic carbocycles. The zero-order valence-electron chi connectivity index (χ0n) is 9.76. The molecule has 88 valence electrons. The SMILES string of the molecule is CN(CCO)C(=O)CN(C)c1ccccc1. The quantitative estimate of drug-likeness (QED) is 0.792. The fourth-order valence-corrected chi connectivity index (χ4v) is 1.37. The van der Waals surface area contributed by atoms with Crippen molar-refractivity contribution in [2.24, 2.45) is 0 Å². The van der Waals surface area contributed by atoms with Crippen LogP contribution in [-0.4, -0.2) is 49.7 Å². The van der Waals surface area contributed by atoms with E-state index in [2.05, 4.69) is 0 Å². The highest BCUT2D eigenvalue weighted by atomic mass is 16.3. The number of hydrogen-bond acceptors (Lipinski definition) is 3. The second-order valence-electron chi connectivity index (χ2n) is 3.73. The maximum absolute atomic E-state index is 11.7. The molecule has 0 aliphatic carbocycles. The van der Waals surface area contributed by atoms with Crippen molar-refractivity contribution in [1.82, 2.24) is 4.90 Å². The topological polar surface area (TPSA) is 43.8 Å². The van der Waals surface area contributed by atoms with Gasteiger partial charge in [0.2, 0.25) is 5.91 Å². The fourth-order valence-electron chi connectivity index (χ4n) is 1.37. The Labute approximate surface area is 96.1 Å². The van der Waals surface area contributed by atoms with Crippen LogP contribution in [0.15, 0.2) is 30.3 Å². The number of carbonyl (C=O) groups is 1. The van der Waals surface area contributed by atoms with Gasteiger partial charge < -0.3 is 14.9 Å². The molecule has 0 saturated carbocycles. The van der Waals surface area contributed by atoms with E-state index in [-0.39, 0.29) is 12.5 Å². The Morgan fingerprint density at radius 2 is 1.88 bits per heavy atom. The lowest BCUT2D eigenvalue weighted by molar-refractivity contribution is -0.128. The van der Waals surface area contributed by atoms with E-state index in [9.17, 15) is 4.79 Å². The summed E-state index contributed by atoms with van der Waals surface area (Å²) in [4.78, 5) is 15.1. The highest BCUT2D eigenvalue weighted by Crippen LogP contribution is 2.10. The summed E-state index contributed by atoms with van der Waals surface area (Å²) in [6, 6.07) is 9.73. The molecule has 1 aromatic rings. The number of hydrogen-bond donors (Lipinski definition) is 1. The lowest BCUT2D eigenvalue weighted by Gasteiger charge is -2.22. The largest absolute Gasteiger partial charge is 0.395 e.